The van der Waals surface area contributed by atoms with E-state index in [2.05, 4.69) is 36.1 Å². The van der Waals surface area contributed by atoms with E-state index < -0.39 is 11.5 Å². The molecule has 1 fully saturated rings. The molecule has 118 valence electrons. The molecule has 5 nitrogen and oxygen atoms in total. The van der Waals surface area contributed by atoms with Crippen LogP contribution in [0.5, 0.6) is 0 Å². The van der Waals surface area contributed by atoms with Gasteiger partial charge in [-0.3, -0.25) is 9.69 Å². The lowest BCUT2D eigenvalue weighted by Crippen LogP contribution is -2.51. The highest BCUT2D eigenvalue weighted by atomic mass is 16.4. The quantitative estimate of drug-likeness (QED) is 0.668. The van der Waals surface area contributed by atoms with Crippen molar-refractivity contribution in [2.75, 3.05) is 40.3 Å². The number of nitrogens with zero attached hydrogens (tertiary/aromatic N) is 2. The molecule has 0 radical (unpaired) electrons. The molecular formula is C15H31N3O2. The lowest BCUT2D eigenvalue weighted by Gasteiger charge is -2.31. The predicted molar refractivity (Wildman–Crippen MR) is 82.1 cm³/mol. The van der Waals surface area contributed by atoms with Crippen LogP contribution in [0.15, 0.2) is 0 Å². The number of carboxylic acid groups (broad SMARTS) is 1. The molecule has 0 amide bonds. The third-order valence-corrected chi connectivity index (χ3v) is 4.27. The van der Waals surface area contributed by atoms with E-state index in [1.807, 2.05) is 6.92 Å². The monoisotopic (exact) mass is 285 g/mol. The molecule has 2 N–H and O–H groups in total. The van der Waals surface area contributed by atoms with Crippen molar-refractivity contribution < 1.29 is 9.90 Å². The molecule has 0 spiro atoms. The molecule has 1 rings (SSSR count). The van der Waals surface area contributed by atoms with Gasteiger partial charge in [-0.2, -0.15) is 0 Å². The second-order valence-corrected chi connectivity index (χ2v) is 6.15. The maximum atomic E-state index is 11.6. The molecule has 0 heterocycles. The molecule has 0 aromatic rings. The van der Waals surface area contributed by atoms with Gasteiger partial charge in [0.2, 0.25) is 0 Å². The van der Waals surface area contributed by atoms with Gasteiger partial charge in [-0.15, -0.1) is 0 Å². The number of aliphatic carboxylic acids is 1. The summed E-state index contributed by atoms with van der Waals surface area (Å²) in [5.41, 5.74) is -0.705. The highest BCUT2D eigenvalue weighted by molar-refractivity contribution is 5.79. The minimum absolute atomic E-state index is 0.394. The molecule has 0 aromatic carbocycles. The Morgan fingerprint density at radius 1 is 1.30 bits per heavy atom. The van der Waals surface area contributed by atoms with E-state index in [4.69, 9.17) is 0 Å². The highest BCUT2D eigenvalue weighted by Crippen LogP contribution is 2.33. The van der Waals surface area contributed by atoms with Gasteiger partial charge in [0.05, 0.1) is 0 Å². The minimum Gasteiger partial charge on any atom is -0.480 e. The van der Waals surface area contributed by atoms with Crippen molar-refractivity contribution in [3.63, 3.8) is 0 Å². The zero-order valence-electron chi connectivity index (χ0n) is 13.5. The molecular weight excluding hydrogens is 254 g/mol. The fourth-order valence-electron chi connectivity index (χ4n) is 3.19. The Bertz CT molecular complexity index is 309. The van der Waals surface area contributed by atoms with Crippen LogP contribution in [0, 0.1) is 0 Å². The molecule has 0 aromatic heterocycles. The van der Waals surface area contributed by atoms with Crippen LogP contribution in [0.4, 0.5) is 0 Å². The normalized spacial score (nSPS) is 26.6. The average Bonchev–Trinajstić information content (AvgIpc) is 2.80. The third-order valence-electron chi connectivity index (χ3n) is 4.27. The molecule has 1 aliphatic rings. The summed E-state index contributed by atoms with van der Waals surface area (Å²) in [5.74, 6) is -0.689. The summed E-state index contributed by atoms with van der Waals surface area (Å²) in [6.07, 6.45) is 3.56. The Morgan fingerprint density at radius 3 is 2.50 bits per heavy atom. The predicted octanol–water partition coefficient (Wildman–Crippen LogP) is 1.25. The lowest BCUT2D eigenvalue weighted by atomic mass is 9.97. The zero-order chi connectivity index (χ0) is 15.2. The third kappa shape index (κ3) is 4.43. The molecule has 20 heavy (non-hydrogen) atoms. The first-order chi connectivity index (χ1) is 9.45. The van der Waals surface area contributed by atoms with Crippen LogP contribution in [0.1, 0.15) is 39.5 Å². The topological polar surface area (TPSA) is 55.8 Å². The lowest BCUT2D eigenvalue weighted by molar-refractivity contribution is -0.144. The summed E-state index contributed by atoms with van der Waals surface area (Å²) in [5, 5.41) is 12.8. The van der Waals surface area contributed by atoms with E-state index in [0.717, 1.165) is 45.3 Å². The van der Waals surface area contributed by atoms with Crippen LogP contribution in [0.3, 0.4) is 0 Å². The summed E-state index contributed by atoms with van der Waals surface area (Å²) < 4.78 is 0. The fourth-order valence-corrected chi connectivity index (χ4v) is 3.19. The second kappa shape index (κ2) is 7.96. The Morgan fingerprint density at radius 2 is 2.00 bits per heavy atom. The van der Waals surface area contributed by atoms with Gasteiger partial charge in [-0.05, 0) is 52.9 Å². The van der Waals surface area contributed by atoms with E-state index in [1.54, 1.807) is 0 Å². The van der Waals surface area contributed by atoms with Crippen LogP contribution in [-0.4, -0.2) is 72.7 Å². The van der Waals surface area contributed by atoms with E-state index >= 15 is 0 Å². The van der Waals surface area contributed by atoms with Crippen molar-refractivity contribution in [2.45, 2.75) is 51.1 Å². The first-order valence-corrected chi connectivity index (χ1v) is 7.82. The van der Waals surface area contributed by atoms with Crippen molar-refractivity contribution in [1.29, 1.82) is 0 Å². The summed E-state index contributed by atoms with van der Waals surface area (Å²) in [6.45, 7) is 7.98. The summed E-state index contributed by atoms with van der Waals surface area (Å²) >= 11 is 0. The summed E-state index contributed by atoms with van der Waals surface area (Å²) in [4.78, 5) is 16.3. The number of hydrogen-bond acceptors (Lipinski definition) is 4. The first kappa shape index (κ1) is 17.4. The van der Waals surface area contributed by atoms with E-state index in [1.165, 1.54) is 0 Å². The highest BCUT2D eigenvalue weighted by Gasteiger charge is 2.46. The number of carboxylic acids is 1. The molecule has 1 aliphatic carbocycles. The molecule has 0 saturated heterocycles. The van der Waals surface area contributed by atoms with Gasteiger partial charge in [0.25, 0.3) is 0 Å². The van der Waals surface area contributed by atoms with Crippen molar-refractivity contribution in [3.8, 4) is 0 Å². The number of carbonyl (C=O) groups is 1. The van der Waals surface area contributed by atoms with Crippen molar-refractivity contribution in [1.82, 2.24) is 15.1 Å². The van der Waals surface area contributed by atoms with Gasteiger partial charge in [0.15, 0.2) is 0 Å². The van der Waals surface area contributed by atoms with Crippen LogP contribution < -0.4 is 5.32 Å². The zero-order valence-corrected chi connectivity index (χ0v) is 13.5. The van der Waals surface area contributed by atoms with E-state index in [-0.39, 0.29) is 0 Å². The number of likely N-dealkylation sites (N-methyl/N-ethyl adjacent to an activating group) is 2. The number of hydrogen-bond donors (Lipinski definition) is 2. The summed E-state index contributed by atoms with van der Waals surface area (Å²) in [7, 11) is 4.16. The standard InChI is InChI=1S/C15H31N3O2/c1-5-9-18(11-10-17(3)4)13-7-8-15(12-13,14(19)20)16-6-2/h13,16H,5-12H2,1-4H3,(H,19,20). The molecule has 5 heteroatoms. The van der Waals surface area contributed by atoms with Crippen LogP contribution in [0.2, 0.25) is 0 Å². The Kier molecular flexibility index (Phi) is 6.92. The molecule has 2 atom stereocenters. The minimum atomic E-state index is -0.705. The first-order valence-electron chi connectivity index (χ1n) is 7.82. The van der Waals surface area contributed by atoms with Crippen molar-refractivity contribution in [3.05, 3.63) is 0 Å². The SMILES string of the molecule is CCCN(CCN(C)C)C1CCC(NCC)(C(=O)O)C1. The maximum Gasteiger partial charge on any atom is 0.323 e. The number of rotatable bonds is 9. The van der Waals surface area contributed by atoms with E-state index in [0.29, 0.717) is 12.6 Å². The summed E-state index contributed by atoms with van der Waals surface area (Å²) in [6, 6.07) is 0.394. The van der Waals surface area contributed by atoms with Crippen molar-refractivity contribution in [2.24, 2.45) is 0 Å². The Hall–Kier alpha value is -0.650. The number of nitrogens with one attached hydrogen (secondary N) is 1. The maximum absolute atomic E-state index is 11.6. The fraction of sp³-hybridized carbons (Fsp3) is 0.933. The van der Waals surface area contributed by atoms with E-state index in [9.17, 15) is 9.90 Å². The van der Waals surface area contributed by atoms with Gasteiger partial charge in [-0.25, -0.2) is 0 Å². The van der Waals surface area contributed by atoms with Gasteiger partial charge >= 0.3 is 5.97 Å². The van der Waals surface area contributed by atoms with Gasteiger partial charge in [0.1, 0.15) is 5.54 Å². The van der Waals surface area contributed by atoms with Crippen LogP contribution in [0.25, 0.3) is 0 Å². The average molecular weight is 285 g/mol. The van der Waals surface area contributed by atoms with Crippen LogP contribution in [-0.2, 0) is 4.79 Å². The molecule has 0 aliphatic heterocycles. The molecule has 1 saturated carbocycles. The van der Waals surface area contributed by atoms with Crippen molar-refractivity contribution >= 4 is 5.97 Å². The largest absolute Gasteiger partial charge is 0.480 e. The second-order valence-electron chi connectivity index (χ2n) is 6.15. The Labute approximate surface area is 123 Å². The van der Waals surface area contributed by atoms with Gasteiger partial charge < -0.3 is 15.3 Å². The Balaban J connectivity index is 2.67. The molecule has 0 bridgehead atoms. The smallest absolute Gasteiger partial charge is 0.323 e. The van der Waals surface area contributed by atoms with Gasteiger partial charge in [-0.1, -0.05) is 13.8 Å². The van der Waals surface area contributed by atoms with Gasteiger partial charge in [0, 0.05) is 19.1 Å². The molecule has 2 unspecified atom stereocenters. The van der Waals surface area contributed by atoms with Crippen LogP contribution >= 0.6 is 0 Å².